The molecule has 0 aliphatic carbocycles. The number of hydrogen-bond donors (Lipinski definition) is 2. The summed E-state index contributed by atoms with van der Waals surface area (Å²) in [5.41, 5.74) is 2.56. The van der Waals surface area contributed by atoms with Crippen LogP contribution in [0, 0.1) is 0 Å². The van der Waals surface area contributed by atoms with Crippen LogP contribution in [0.5, 0.6) is 0 Å². The SMILES string of the molecule is OCCCCc1ccc(C2CC3CCC2N3)cn1. The zero-order chi connectivity index (χ0) is 12.4. The molecule has 98 valence electrons. The van der Waals surface area contributed by atoms with E-state index < -0.39 is 0 Å². The van der Waals surface area contributed by atoms with Gasteiger partial charge in [-0.25, -0.2) is 0 Å². The fourth-order valence-corrected chi connectivity index (χ4v) is 3.41. The van der Waals surface area contributed by atoms with Crippen molar-refractivity contribution in [2.24, 2.45) is 0 Å². The molecule has 2 aliphatic rings. The van der Waals surface area contributed by atoms with E-state index in [1.54, 1.807) is 0 Å². The Bertz CT molecular complexity index is 390. The van der Waals surface area contributed by atoms with E-state index in [9.17, 15) is 0 Å². The number of aryl methyl sites for hydroxylation is 1. The smallest absolute Gasteiger partial charge is 0.0431 e. The molecule has 0 spiro atoms. The van der Waals surface area contributed by atoms with Gasteiger partial charge in [-0.05, 0) is 50.2 Å². The van der Waals surface area contributed by atoms with Crippen molar-refractivity contribution in [1.82, 2.24) is 10.3 Å². The number of fused-ring (bicyclic) bond motifs is 2. The minimum atomic E-state index is 0.287. The normalized spacial score (nSPS) is 29.9. The number of unbranched alkanes of at least 4 members (excludes halogenated alkanes) is 1. The molecule has 2 fully saturated rings. The Labute approximate surface area is 109 Å². The number of nitrogens with one attached hydrogen (secondary N) is 1. The van der Waals surface area contributed by atoms with E-state index in [0.717, 1.165) is 31.0 Å². The first-order valence-corrected chi connectivity index (χ1v) is 7.18. The first kappa shape index (κ1) is 12.1. The fraction of sp³-hybridized carbons (Fsp3) is 0.667. The molecule has 2 aliphatic heterocycles. The van der Waals surface area contributed by atoms with E-state index >= 15 is 0 Å². The summed E-state index contributed by atoms with van der Waals surface area (Å²) in [4.78, 5) is 4.57. The lowest BCUT2D eigenvalue weighted by molar-refractivity contribution is 0.284. The highest BCUT2D eigenvalue weighted by Crippen LogP contribution is 2.39. The Balaban J connectivity index is 1.61. The van der Waals surface area contributed by atoms with E-state index in [0.29, 0.717) is 12.0 Å². The van der Waals surface area contributed by atoms with Gasteiger partial charge in [-0.15, -0.1) is 0 Å². The highest BCUT2D eigenvalue weighted by atomic mass is 16.2. The van der Waals surface area contributed by atoms with Gasteiger partial charge in [0.25, 0.3) is 0 Å². The third kappa shape index (κ3) is 2.43. The molecule has 3 nitrogen and oxygen atoms in total. The zero-order valence-corrected chi connectivity index (χ0v) is 10.8. The van der Waals surface area contributed by atoms with Gasteiger partial charge in [-0.1, -0.05) is 6.07 Å². The number of nitrogens with zero attached hydrogens (tertiary/aromatic N) is 1. The summed E-state index contributed by atoms with van der Waals surface area (Å²) in [5, 5.41) is 12.4. The third-order valence-corrected chi connectivity index (χ3v) is 4.42. The quantitative estimate of drug-likeness (QED) is 0.781. The summed E-state index contributed by atoms with van der Waals surface area (Å²) in [6.07, 6.45) is 8.92. The summed E-state index contributed by atoms with van der Waals surface area (Å²) >= 11 is 0. The lowest BCUT2D eigenvalue weighted by Crippen LogP contribution is -2.21. The number of aliphatic hydroxyl groups excluding tert-OH is 1. The van der Waals surface area contributed by atoms with Crippen molar-refractivity contribution in [2.45, 2.75) is 56.5 Å². The minimum absolute atomic E-state index is 0.287. The molecule has 2 bridgehead atoms. The van der Waals surface area contributed by atoms with E-state index in [1.165, 1.54) is 24.8 Å². The van der Waals surface area contributed by atoms with Crippen molar-refractivity contribution >= 4 is 0 Å². The molecule has 3 rings (SSSR count). The van der Waals surface area contributed by atoms with Gasteiger partial charge in [-0.3, -0.25) is 4.98 Å². The molecule has 0 amide bonds. The molecule has 3 heteroatoms. The van der Waals surface area contributed by atoms with Crippen molar-refractivity contribution in [3.8, 4) is 0 Å². The van der Waals surface area contributed by atoms with Gasteiger partial charge in [0.15, 0.2) is 0 Å². The monoisotopic (exact) mass is 246 g/mol. The van der Waals surface area contributed by atoms with Crippen molar-refractivity contribution in [2.75, 3.05) is 6.61 Å². The van der Waals surface area contributed by atoms with Crippen molar-refractivity contribution in [3.05, 3.63) is 29.6 Å². The first-order chi connectivity index (χ1) is 8.86. The van der Waals surface area contributed by atoms with E-state index in [1.807, 2.05) is 0 Å². The molecule has 18 heavy (non-hydrogen) atoms. The van der Waals surface area contributed by atoms with Crippen LogP contribution in [-0.4, -0.2) is 28.8 Å². The van der Waals surface area contributed by atoms with Gasteiger partial charge < -0.3 is 10.4 Å². The second kappa shape index (κ2) is 5.37. The van der Waals surface area contributed by atoms with Gasteiger partial charge in [0.1, 0.15) is 0 Å². The molecule has 0 saturated carbocycles. The number of pyridine rings is 1. The van der Waals surface area contributed by atoms with Gasteiger partial charge in [-0.2, -0.15) is 0 Å². The molecule has 3 unspecified atom stereocenters. The average Bonchev–Trinajstić information content (AvgIpc) is 3.02. The van der Waals surface area contributed by atoms with Crippen molar-refractivity contribution in [1.29, 1.82) is 0 Å². The van der Waals surface area contributed by atoms with Crippen molar-refractivity contribution < 1.29 is 5.11 Å². The van der Waals surface area contributed by atoms with Crippen LogP contribution in [0.3, 0.4) is 0 Å². The molecule has 1 aromatic rings. The van der Waals surface area contributed by atoms with Crippen LogP contribution in [0.4, 0.5) is 0 Å². The van der Waals surface area contributed by atoms with Crippen LogP contribution < -0.4 is 5.32 Å². The second-order valence-corrected chi connectivity index (χ2v) is 5.65. The van der Waals surface area contributed by atoms with Crippen LogP contribution in [0.15, 0.2) is 18.3 Å². The highest BCUT2D eigenvalue weighted by Gasteiger charge is 2.39. The maximum Gasteiger partial charge on any atom is 0.0431 e. The van der Waals surface area contributed by atoms with E-state index in [4.69, 9.17) is 5.11 Å². The Kier molecular flexibility index (Phi) is 3.62. The number of rotatable bonds is 5. The average molecular weight is 246 g/mol. The number of hydrogen-bond acceptors (Lipinski definition) is 3. The fourth-order valence-electron chi connectivity index (χ4n) is 3.41. The second-order valence-electron chi connectivity index (χ2n) is 5.65. The Morgan fingerprint density at radius 2 is 2.22 bits per heavy atom. The molecule has 0 radical (unpaired) electrons. The van der Waals surface area contributed by atoms with Gasteiger partial charge in [0, 0.05) is 36.5 Å². The summed E-state index contributed by atoms with van der Waals surface area (Å²) in [6.45, 7) is 0.287. The molecule has 3 heterocycles. The van der Waals surface area contributed by atoms with Crippen LogP contribution in [0.25, 0.3) is 0 Å². The zero-order valence-electron chi connectivity index (χ0n) is 10.8. The summed E-state index contributed by atoms with van der Waals surface area (Å²) in [5.74, 6) is 0.683. The topological polar surface area (TPSA) is 45.1 Å². The molecular weight excluding hydrogens is 224 g/mol. The summed E-state index contributed by atoms with van der Waals surface area (Å²) in [7, 11) is 0. The largest absolute Gasteiger partial charge is 0.396 e. The molecule has 2 N–H and O–H groups in total. The Hall–Kier alpha value is -0.930. The molecule has 3 atom stereocenters. The van der Waals surface area contributed by atoms with E-state index in [-0.39, 0.29) is 6.61 Å². The molecular formula is C15H22N2O. The van der Waals surface area contributed by atoms with Crippen LogP contribution in [0.1, 0.15) is 49.3 Å². The summed E-state index contributed by atoms with van der Waals surface area (Å²) in [6, 6.07) is 5.87. The number of aliphatic hydroxyl groups is 1. The molecule has 0 aromatic carbocycles. The van der Waals surface area contributed by atoms with E-state index in [2.05, 4.69) is 28.6 Å². The molecule has 2 saturated heterocycles. The van der Waals surface area contributed by atoms with Crippen molar-refractivity contribution in [3.63, 3.8) is 0 Å². The number of aromatic nitrogens is 1. The third-order valence-electron chi connectivity index (χ3n) is 4.42. The van der Waals surface area contributed by atoms with Crippen LogP contribution in [0.2, 0.25) is 0 Å². The maximum absolute atomic E-state index is 8.76. The van der Waals surface area contributed by atoms with Gasteiger partial charge in [0.05, 0.1) is 0 Å². The van der Waals surface area contributed by atoms with Gasteiger partial charge >= 0.3 is 0 Å². The predicted molar refractivity (Wildman–Crippen MR) is 71.6 cm³/mol. The Morgan fingerprint density at radius 1 is 1.28 bits per heavy atom. The van der Waals surface area contributed by atoms with Crippen LogP contribution in [-0.2, 0) is 6.42 Å². The minimum Gasteiger partial charge on any atom is -0.396 e. The highest BCUT2D eigenvalue weighted by molar-refractivity contribution is 5.24. The van der Waals surface area contributed by atoms with Gasteiger partial charge in [0.2, 0.25) is 0 Å². The van der Waals surface area contributed by atoms with Crippen LogP contribution >= 0.6 is 0 Å². The first-order valence-electron chi connectivity index (χ1n) is 7.18. The molecule has 1 aromatic heterocycles. The maximum atomic E-state index is 8.76. The predicted octanol–water partition coefficient (Wildman–Crippen LogP) is 2.00. The lowest BCUT2D eigenvalue weighted by atomic mass is 9.84. The lowest BCUT2D eigenvalue weighted by Gasteiger charge is -2.20. The Morgan fingerprint density at radius 3 is 2.83 bits per heavy atom. The standard InChI is InChI=1S/C15H22N2O/c18-8-2-1-3-12-5-4-11(10-16-12)14-9-13-6-7-15(14)17-13/h4-5,10,13-15,17-18H,1-3,6-9H2. The summed E-state index contributed by atoms with van der Waals surface area (Å²) < 4.78 is 0.